The van der Waals surface area contributed by atoms with E-state index < -0.39 is 16.2 Å². The van der Waals surface area contributed by atoms with Crippen LogP contribution >= 0.6 is 0 Å². The molecule has 0 bridgehead atoms. The predicted octanol–water partition coefficient (Wildman–Crippen LogP) is 1.94. The average Bonchev–Trinajstić information content (AvgIpc) is 2.61. The molecule has 1 aliphatic heterocycles. The highest BCUT2D eigenvalue weighted by molar-refractivity contribution is 7.89. The van der Waals surface area contributed by atoms with Crippen molar-refractivity contribution in [2.24, 2.45) is 0 Å². The van der Waals surface area contributed by atoms with E-state index in [0.29, 0.717) is 12.2 Å². The first-order chi connectivity index (χ1) is 11.9. The summed E-state index contributed by atoms with van der Waals surface area (Å²) < 4.78 is 27.0. The Labute approximate surface area is 147 Å². The Hall–Kier alpha value is -2.38. The Morgan fingerprint density at radius 2 is 1.72 bits per heavy atom. The maximum absolute atomic E-state index is 12.7. The zero-order chi connectivity index (χ0) is 18.0. The second-order valence-electron chi connectivity index (χ2n) is 6.06. The van der Waals surface area contributed by atoms with Crippen LogP contribution in [0.4, 0.5) is 5.69 Å². The number of amides is 1. The van der Waals surface area contributed by atoms with Gasteiger partial charge in [-0.15, -0.1) is 0 Å². The van der Waals surface area contributed by atoms with E-state index in [1.165, 1.54) is 16.5 Å². The van der Waals surface area contributed by atoms with Crippen LogP contribution in [-0.4, -0.2) is 32.4 Å². The minimum atomic E-state index is -3.71. The third-order valence-corrected chi connectivity index (χ3v) is 5.70. The molecule has 0 spiro atoms. The fourth-order valence-electron chi connectivity index (χ4n) is 2.79. The van der Waals surface area contributed by atoms with E-state index in [-0.39, 0.29) is 10.8 Å². The standard InChI is InChI=1S/C18H21N3O3S/c1-3-13-8-10-14(11-9-13)12-21(2)18(22)17-19-15-6-4-5-7-16(15)25(23,24)20-17/h4-11,17,19-20H,3,12H2,1-2H3. The number of rotatable bonds is 4. The van der Waals surface area contributed by atoms with Crippen LogP contribution in [0.1, 0.15) is 18.1 Å². The van der Waals surface area contributed by atoms with Gasteiger partial charge in [0.15, 0.2) is 6.17 Å². The summed E-state index contributed by atoms with van der Waals surface area (Å²) in [5.74, 6) is -0.336. The Bertz CT molecular complexity index is 879. The minimum Gasteiger partial charge on any atom is -0.360 e. The van der Waals surface area contributed by atoms with Crippen LogP contribution in [-0.2, 0) is 27.8 Å². The first kappa shape index (κ1) is 17.4. The van der Waals surface area contributed by atoms with Gasteiger partial charge in [-0.1, -0.05) is 43.3 Å². The van der Waals surface area contributed by atoms with Gasteiger partial charge in [0.2, 0.25) is 10.0 Å². The number of sulfonamides is 1. The molecule has 1 atom stereocenters. The summed E-state index contributed by atoms with van der Waals surface area (Å²) >= 11 is 0. The summed E-state index contributed by atoms with van der Waals surface area (Å²) in [6, 6.07) is 14.6. The highest BCUT2D eigenvalue weighted by atomic mass is 32.2. The summed E-state index contributed by atoms with van der Waals surface area (Å²) in [5, 5.41) is 2.96. The predicted molar refractivity (Wildman–Crippen MR) is 96.5 cm³/mol. The van der Waals surface area contributed by atoms with Gasteiger partial charge in [0.1, 0.15) is 4.90 Å². The lowest BCUT2D eigenvalue weighted by atomic mass is 10.1. The quantitative estimate of drug-likeness (QED) is 0.874. The maximum Gasteiger partial charge on any atom is 0.261 e. The van der Waals surface area contributed by atoms with Gasteiger partial charge in [-0.05, 0) is 29.7 Å². The number of hydrogen-bond acceptors (Lipinski definition) is 4. The number of para-hydroxylation sites is 1. The monoisotopic (exact) mass is 359 g/mol. The number of carbonyl (C=O) groups excluding carboxylic acids is 1. The normalized spacial score (nSPS) is 18.1. The number of carbonyl (C=O) groups is 1. The van der Waals surface area contributed by atoms with Crippen molar-refractivity contribution in [3.05, 3.63) is 59.7 Å². The summed E-state index contributed by atoms with van der Waals surface area (Å²) in [5.41, 5.74) is 2.66. The van der Waals surface area contributed by atoms with Gasteiger partial charge in [-0.25, -0.2) is 8.42 Å². The smallest absolute Gasteiger partial charge is 0.261 e. The second kappa shape index (κ2) is 6.85. The van der Waals surface area contributed by atoms with Crippen molar-refractivity contribution < 1.29 is 13.2 Å². The summed E-state index contributed by atoms with van der Waals surface area (Å²) in [7, 11) is -2.05. The highest BCUT2D eigenvalue weighted by Gasteiger charge is 2.34. The lowest BCUT2D eigenvalue weighted by Gasteiger charge is -2.30. The van der Waals surface area contributed by atoms with Gasteiger partial charge >= 0.3 is 0 Å². The number of nitrogens with one attached hydrogen (secondary N) is 2. The third-order valence-electron chi connectivity index (χ3n) is 4.22. The summed E-state index contributed by atoms with van der Waals surface area (Å²) in [6.45, 7) is 2.49. The molecule has 0 radical (unpaired) electrons. The van der Waals surface area contributed by atoms with E-state index in [2.05, 4.69) is 17.0 Å². The van der Waals surface area contributed by atoms with Crippen LogP contribution < -0.4 is 10.0 Å². The maximum atomic E-state index is 12.7. The molecule has 2 aromatic rings. The van der Waals surface area contributed by atoms with E-state index in [1.54, 1.807) is 25.2 Å². The lowest BCUT2D eigenvalue weighted by molar-refractivity contribution is -0.131. The molecule has 2 aromatic carbocycles. The third kappa shape index (κ3) is 3.67. The molecule has 7 heteroatoms. The lowest BCUT2D eigenvalue weighted by Crippen LogP contribution is -2.53. The minimum absolute atomic E-state index is 0.150. The van der Waals surface area contributed by atoms with Gasteiger partial charge in [0.05, 0.1) is 5.69 Å². The van der Waals surface area contributed by atoms with Gasteiger partial charge in [0.25, 0.3) is 5.91 Å². The average molecular weight is 359 g/mol. The topological polar surface area (TPSA) is 78.5 Å². The molecule has 0 saturated carbocycles. The van der Waals surface area contributed by atoms with Crippen LogP contribution in [0.15, 0.2) is 53.4 Å². The molecule has 1 unspecified atom stereocenters. The van der Waals surface area contributed by atoms with Gasteiger partial charge < -0.3 is 10.2 Å². The molecule has 6 nitrogen and oxygen atoms in total. The number of anilines is 1. The van der Waals surface area contributed by atoms with E-state index in [0.717, 1.165) is 12.0 Å². The van der Waals surface area contributed by atoms with E-state index in [1.807, 2.05) is 24.3 Å². The molecule has 0 saturated heterocycles. The summed E-state index contributed by atoms with van der Waals surface area (Å²) in [6.07, 6.45) is -0.0535. The van der Waals surface area contributed by atoms with Crippen molar-refractivity contribution in [3.8, 4) is 0 Å². The molecule has 0 aliphatic carbocycles. The number of aryl methyl sites for hydroxylation is 1. The Balaban J connectivity index is 1.74. The number of hydrogen-bond donors (Lipinski definition) is 2. The van der Waals surface area contributed by atoms with Crippen LogP contribution in [0.3, 0.4) is 0 Å². The largest absolute Gasteiger partial charge is 0.360 e. The molecule has 2 N–H and O–H groups in total. The molecular weight excluding hydrogens is 338 g/mol. The first-order valence-corrected chi connectivity index (χ1v) is 9.59. The van der Waals surface area contributed by atoms with Gasteiger partial charge in [-0.2, -0.15) is 4.72 Å². The molecule has 0 fully saturated rings. The fraction of sp³-hybridized carbons (Fsp3) is 0.278. The number of fused-ring (bicyclic) bond motifs is 1. The van der Waals surface area contributed by atoms with Crippen molar-refractivity contribution in [3.63, 3.8) is 0 Å². The van der Waals surface area contributed by atoms with Crippen molar-refractivity contribution in [2.45, 2.75) is 31.0 Å². The molecule has 1 amide bonds. The number of nitrogens with zero attached hydrogens (tertiary/aromatic N) is 1. The summed E-state index contributed by atoms with van der Waals surface area (Å²) in [4.78, 5) is 14.3. The van der Waals surface area contributed by atoms with E-state index >= 15 is 0 Å². The van der Waals surface area contributed by atoms with Crippen LogP contribution in [0.25, 0.3) is 0 Å². The first-order valence-electron chi connectivity index (χ1n) is 8.11. The van der Waals surface area contributed by atoms with E-state index in [4.69, 9.17) is 0 Å². The van der Waals surface area contributed by atoms with Crippen molar-refractivity contribution in [1.82, 2.24) is 9.62 Å². The SMILES string of the molecule is CCc1ccc(CN(C)C(=O)C2Nc3ccccc3S(=O)(=O)N2)cc1. The van der Waals surface area contributed by atoms with Crippen molar-refractivity contribution >= 4 is 21.6 Å². The van der Waals surface area contributed by atoms with Gasteiger partial charge in [0, 0.05) is 13.6 Å². The molecule has 1 aliphatic rings. The van der Waals surface area contributed by atoms with E-state index in [9.17, 15) is 13.2 Å². The van der Waals surface area contributed by atoms with Crippen LogP contribution in [0.2, 0.25) is 0 Å². The molecule has 3 rings (SSSR count). The van der Waals surface area contributed by atoms with Crippen molar-refractivity contribution in [1.29, 1.82) is 0 Å². The van der Waals surface area contributed by atoms with Crippen LogP contribution in [0.5, 0.6) is 0 Å². The zero-order valence-corrected chi connectivity index (χ0v) is 15.0. The highest BCUT2D eigenvalue weighted by Crippen LogP contribution is 2.25. The zero-order valence-electron chi connectivity index (χ0n) is 14.2. The van der Waals surface area contributed by atoms with Crippen LogP contribution in [0, 0.1) is 0 Å². The van der Waals surface area contributed by atoms with Crippen molar-refractivity contribution in [2.75, 3.05) is 12.4 Å². The fourth-order valence-corrected chi connectivity index (χ4v) is 4.06. The number of benzene rings is 2. The van der Waals surface area contributed by atoms with Gasteiger partial charge in [-0.3, -0.25) is 4.79 Å². The molecule has 0 aromatic heterocycles. The second-order valence-corrected chi connectivity index (χ2v) is 7.74. The number of likely N-dealkylation sites (N-methyl/N-ethyl adjacent to an activating group) is 1. The Kier molecular flexibility index (Phi) is 4.78. The molecule has 132 valence electrons. The molecule has 1 heterocycles. The Morgan fingerprint density at radius 1 is 1.08 bits per heavy atom. The molecular formula is C18H21N3O3S. The Morgan fingerprint density at radius 3 is 2.40 bits per heavy atom. The molecule has 25 heavy (non-hydrogen) atoms.